The van der Waals surface area contributed by atoms with E-state index < -0.39 is 15.8 Å². The van der Waals surface area contributed by atoms with E-state index in [2.05, 4.69) is 4.98 Å². The van der Waals surface area contributed by atoms with Crippen LogP contribution in [0.25, 0.3) is 21.9 Å². The number of nitrogens with zero attached hydrogens (tertiary/aromatic N) is 2. The standard InChI is InChI=1S/C20H20N2O4S/c1-22-11-18(15-5-2-3-6-17(15)20(22)23)16-7-4-10-21-19(16)27(24,25)13-26-12-14-8-9-14/h2-7,10-11,14H,8-9,12-13H2,1H3. The van der Waals surface area contributed by atoms with Gasteiger partial charge in [-0.05, 0) is 42.3 Å². The van der Waals surface area contributed by atoms with Crippen molar-refractivity contribution in [1.29, 1.82) is 0 Å². The highest BCUT2D eigenvalue weighted by Gasteiger charge is 2.26. The molecular formula is C20H20N2O4S. The fourth-order valence-electron chi connectivity index (χ4n) is 3.14. The van der Waals surface area contributed by atoms with Gasteiger partial charge in [0.05, 0.1) is 6.61 Å². The molecule has 140 valence electrons. The lowest BCUT2D eigenvalue weighted by Gasteiger charge is -2.13. The molecule has 0 atom stereocenters. The van der Waals surface area contributed by atoms with Crippen molar-refractivity contribution in [2.24, 2.45) is 13.0 Å². The van der Waals surface area contributed by atoms with Crippen molar-refractivity contribution in [2.45, 2.75) is 17.9 Å². The molecule has 0 N–H and O–H groups in total. The zero-order valence-electron chi connectivity index (χ0n) is 15.0. The number of aromatic nitrogens is 2. The van der Waals surface area contributed by atoms with Crippen LogP contribution in [0.4, 0.5) is 0 Å². The molecule has 1 saturated carbocycles. The quantitative estimate of drug-likeness (QED) is 0.653. The van der Waals surface area contributed by atoms with Gasteiger partial charge >= 0.3 is 0 Å². The smallest absolute Gasteiger partial charge is 0.258 e. The molecular weight excluding hydrogens is 364 g/mol. The van der Waals surface area contributed by atoms with Gasteiger partial charge in [0.25, 0.3) is 5.56 Å². The Balaban J connectivity index is 1.83. The average molecular weight is 384 g/mol. The van der Waals surface area contributed by atoms with Gasteiger partial charge < -0.3 is 9.30 Å². The molecule has 0 spiro atoms. The first kappa shape index (κ1) is 17.9. The van der Waals surface area contributed by atoms with E-state index in [1.54, 1.807) is 37.5 Å². The van der Waals surface area contributed by atoms with Crippen LogP contribution in [0.15, 0.2) is 58.6 Å². The molecule has 1 aliphatic rings. The highest BCUT2D eigenvalue weighted by Crippen LogP contribution is 2.32. The van der Waals surface area contributed by atoms with Crippen LogP contribution >= 0.6 is 0 Å². The second-order valence-electron chi connectivity index (χ2n) is 6.91. The lowest BCUT2D eigenvalue weighted by Crippen LogP contribution is -2.18. The van der Waals surface area contributed by atoms with Crippen LogP contribution in [0.5, 0.6) is 0 Å². The van der Waals surface area contributed by atoms with Gasteiger partial charge in [-0.2, -0.15) is 0 Å². The molecule has 1 aromatic carbocycles. The summed E-state index contributed by atoms with van der Waals surface area (Å²) < 4.78 is 32.6. The van der Waals surface area contributed by atoms with Crippen LogP contribution in [0.1, 0.15) is 12.8 Å². The van der Waals surface area contributed by atoms with Gasteiger partial charge in [-0.3, -0.25) is 4.79 Å². The largest absolute Gasteiger partial charge is 0.365 e. The number of benzene rings is 1. The lowest BCUT2D eigenvalue weighted by molar-refractivity contribution is 0.165. The van der Waals surface area contributed by atoms with Crippen LogP contribution in [0.2, 0.25) is 0 Å². The van der Waals surface area contributed by atoms with E-state index in [1.807, 2.05) is 12.1 Å². The summed E-state index contributed by atoms with van der Waals surface area (Å²) in [5, 5.41) is 1.21. The molecule has 2 heterocycles. The number of pyridine rings is 2. The summed E-state index contributed by atoms with van der Waals surface area (Å²) in [6, 6.07) is 10.6. The predicted octanol–water partition coefficient (Wildman–Crippen LogP) is 2.76. The van der Waals surface area contributed by atoms with Gasteiger partial charge in [-0.25, -0.2) is 13.4 Å². The molecule has 7 heteroatoms. The molecule has 0 aliphatic heterocycles. The van der Waals surface area contributed by atoms with Gasteiger partial charge in [0.1, 0.15) is 0 Å². The lowest BCUT2D eigenvalue weighted by atomic mass is 10.0. The summed E-state index contributed by atoms with van der Waals surface area (Å²) >= 11 is 0. The number of hydrogen-bond acceptors (Lipinski definition) is 5. The molecule has 27 heavy (non-hydrogen) atoms. The third-order valence-electron chi connectivity index (χ3n) is 4.74. The number of ether oxygens (including phenoxy) is 1. The maximum Gasteiger partial charge on any atom is 0.258 e. The molecule has 0 bridgehead atoms. The van der Waals surface area contributed by atoms with Gasteiger partial charge in [0, 0.05) is 36.0 Å². The van der Waals surface area contributed by atoms with Crippen molar-refractivity contribution in [1.82, 2.24) is 9.55 Å². The van der Waals surface area contributed by atoms with E-state index in [1.165, 1.54) is 10.8 Å². The van der Waals surface area contributed by atoms with Gasteiger partial charge in [-0.15, -0.1) is 0 Å². The summed E-state index contributed by atoms with van der Waals surface area (Å²) in [6.45, 7) is 0.462. The minimum Gasteiger partial charge on any atom is -0.365 e. The Morgan fingerprint density at radius 1 is 1.11 bits per heavy atom. The second-order valence-corrected chi connectivity index (χ2v) is 8.76. The summed E-state index contributed by atoms with van der Waals surface area (Å²) in [7, 11) is -2.06. The summed E-state index contributed by atoms with van der Waals surface area (Å²) in [4.78, 5) is 16.6. The van der Waals surface area contributed by atoms with Crippen LogP contribution in [0.3, 0.4) is 0 Å². The summed E-state index contributed by atoms with van der Waals surface area (Å²) in [5.41, 5.74) is 0.997. The number of aryl methyl sites for hydroxylation is 1. The minimum atomic E-state index is -3.72. The van der Waals surface area contributed by atoms with Crippen LogP contribution in [-0.2, 0) is 21.6 Å². The molecule has 3 aromatic rings. The van der Waals surface area contributed by atoms with Crippen LogP contribution < -0.4 is 5.56 Å². The zero-order chi connectivity index (χ0) is 19.0. The maximum atomic E-state index is 12.9. The van der Waals surface area contributed by atoms with E-state index in [0.717, 1.165) is 12.8 Å². The summed E-state index contributed by atoms with van der Waals surface area (Å²) in [5.74, 6) is 0.0907. The maximum absolute atomic E-state index is 12.9. The molecule has 0 radical (unpaired) electrons. The zero-order valence-corrected chi connectivity index (χ0v) is 15.8. The van der Waals surface area contributed by atoms with Gasteiger partial charge in [-0.1, -0.05) is 18.2 Å². The van der Waals surface area contributed by atoms with Crippen molar-refractivity contribution in [2.75, 3.05) is 12.5 Å². The van der Waals surface area contributed by atoms with Crippen molar-refractivity contribution >= 4 is 20.6 Å². The summed E-state index contributed by atoms with van der Waals surface area (Å²) in [6.07, 6.45) is 5.31. The third kappa shape index (κ3) is 3.52. The first-order valence-electron chi connectivity index (χ1n) is 8.81. The predicted molar refractivity (Wildman–Crippen MR) is 103 cm³/mol. The molecule has 0 amide bonds. The topological polar surface area (TPSA) is 78.3 Å². The fourth-order valence-corrected chi connectivity index (χ4v) is 4.30. The number of rotatable bonds is 6. The highest BCUT2D eigenvalue weighted by atomic mass is 32.2. The van der Waals surface area contributed by atoms with E-state index >= 15 is 0 Å². The minimum absolute atomic E-state index is 0.0235. The van der Waals surface area contributed by atoms with Crippen molar-refractivity contribution in [3.05, 3.63) is 59.1 Å². The number of fused-ring (bicyclic) bond motifs is 1. The van der Waals surface area contributed by atoms with Crippen molar-refractivity contribution < 1.29 is 13.2 Å². The van der Waals surface area contributed by atoms with Crippen LogP contribution in [-0.4, -0.2) is 30.5 Å². The Bertz CT molecular complexity index is 1160. The van der Waals surface area contributed by atoms with Crippen molar-refractivity contribution in [3.63, 3.8) is 0 Å². The molecule has 4 rings (SSSR count). The Hall–Kier alpha value is -2.51. The monoisotopic (exact) mass is 384 g/mol. The van der Waals surface area contributed by atoms with Gasteiger partial charge in [0.15, 0.2) is 11.0 Å². The molecule has 1 aliphatic carbocycles. The number of hydrogen-bond donors (Lipinski definition) is 0. The van der Waals surface area contributed by atoms with E-state index in [4.69, 9.17) is 4.74 Å². The Kier molecular flexibility index (Phi) is 4.57. The SMILES string of the molecule is Cn1cc(-c2cccnc2S(=O)(=O)COCC2CC2)c2ccccc2c1=O. The molecule has 0 unspecified atom stereocenters. The van der Waals surface area contributed by atoms with Crippen molar-refractivity contribution in [3.8, 4) is 11.1 Å². The molecule has 2 aromatic heterocycles. The molecule has 0 saturated heterocycles. The second kappa shape index (κ2) is 6.90. The average Bonchev–Trinajstić information content (AvgIpc) is 3.49. The van der Waals surface area contributed by atoms with E-state index in [9.17, 15) is 13.2 Å². The van der Waals surface area contributed by atoms with E-state index in [0.29, 0.717) is 34.4 Å². The Morgan fingerprint density at radius 2 is 1.85 bits per heavy atom. The molecule has 6 nitrogen and oxygen atoms in total. The normalized spacial score (nSPS) is 14.6. The van der Waals surface area contributed by atoms with E-state index in [-0.39, 0.29) is 10.6 Å². The first-order valence-corrected chi connectivity index (χ1v) is 10.5. The molecule has 1 fully saturated rings. The first-order chi connectivity index (χ1) is 13.0. The van der Waals surface area contributed by atoms with Crippen LogP contribution in [0, 0.1) is 5.92 Å². The Morgan fingerprint density at radius 3 is 2.59 bits per heavy atom. The highest BCUT2D eigenvalue weighted by molar-refractivity contribution is 7.91. The fraction of sp³-hybridized carbons (Fsp3) is 0.300. The number of sulfone groups is 1. The Labute approximate surface area is 157 Å². The third-order valence-corrected chi connectivity index (χ3v) is 6.13. The van der Waals surface area contributed by atoms with Gasteiger partial charge in [0.2, 0.25) is 9.84 Å².